The van der Waals surface area contributed by atoms with Gasteiger partial charge in [-0.25, -0.2) is 4.68 Å². The molecule has 0 fully saturated rings. The third kappa shape index (κ3) is 4.15. The van der Waals surface area contributed by atoms with Crippen molar-refractivity contribution in [2.24, 2.45) is 0 Å². The van der Waals surface area contributed by atoms with Gasteiger partial charge in [0.2, 0.25) is 10.9 Å². The molecule has 4 aromatic rings. The van der Waals surface area contributed by atoms with Crippen LogP contribution in [0, 0.1) is 6.92 Å². The number of nitrogens with zero attached hydrogens (tertiary/aromatic N) is 3. The zero-order valence-corrected chi connectivity index (χ0v) is 21.3. The average Bonchev–Trinajstić information content (AvgIpc) is 3.46. The summed E-state index contributed by atoms with van der Waals surface area (Å²) in [7, 11) is 4.70. The van der Waals surface area contributed by atoms with Gasteiger partial charge in [0.25, 0.3) is 0 Å². The van der Waals surface area contributed by atoms with E-state index >= 15 is 0 Å². The molecule has 0 spiro atoms. The Morgan fingerprint density at radius 1 is 0.944 bits per heavy atom. The van der Waals surface area contributed by atoms with Gasteiger partial charge in [0.1, 0.15) is 4.87 Å². The summed E-state index contributed by atoms with van der Waals surface area (Å²) in [4.78, 5) is 12.7. The second-order valence-electron chi connectivity index (χ2n) is 8.43. The molecule has 0 amide bonds. The number of ether oxygens (including phenoxy) is 3. The van der Waals surface area contributed by atoms with E-state index in [2.05, 4.69) is 15.6 Å². The molecule has 0 aliphatic carbocycles. The van der Waals surface area contributed by atoms with Crippen LogP contribution in [0.15, 0.2) is 71.9 Å². The van der Waals surface area contributed by atoms with Crippen molar-refractivity contribution < 1.29 is 19.0 Å². The first-order chi connectivity index (χ1) is 17.5. The molecule has 184 valence electrons. The van der Waals surface area contributed by atoms with Gasteiger partial charge in [0, 0.05) is 17.5 Å². The normalized spacial score (nSPS) is 16.2. The van der Waals surface area contributed by atoms with E-state index in [1.807, 2.05) is 78.3 Å². The number of methoxy groups -OCH3 is 3. The van der Waals surface area contributed by atoms with Crippen LogP contribution in [0.3, 0.4) is 0 Å². The van der Waals surface area contributed by atoms with Crippen molar-refractivity contribution in [3.05, 3.63) is 83.4 Å². The summed E-state index contributed by atoms with van der Waals surface area (Å²) in [5.41, 5.74) is 7.03. The number of hydrogen-bond donors (Lipinski definition) is 1. The molecule has 36 heavy (non-hydrogen) atoms. The molecular weight excluding hydrogens is 476 g/mol. The first-order valence-electron chi connectivity index (χ1n) is 11.4. The summed E-state index contributed by atoms with van der Waals surface area (Å²) in [6.07, 6.45) is 0.225. The maximum absolute atomic E-state index is 13.4. The lowest BCUT2D eigenvalue weighted by molar-refractivity contribution is 0.0971. The van der Waals surface area contributed by atoms with E-state index < -0.39 is 4.87 Å². The van der Waals surface area contributed by atoms with E-state index in [0.29, 0.717) is 33.8 Å². The summed E-state index contributed by atoms with van der Waals surface area (Å²) >= 11 is 1.48. The number of benzene rings is 3. The second-order valence-corrected chi connectivity index (χ2v) is 9.69. The summed E-state index contributed by atoms with van der Waals surface area (Å²) in [6, 6.07) is 21.2. The lowest BCUT2D eigenvalue weighted by atomic mass is 9.97. The van der Waals surface area contributed by atoms with E-state index in [9.17, 15) is 4.79 Å². The molecule has 0 saturated carbocycles. The number of thioether (sulfide) groups is 1. The highest BCUT2D eigenvalue weighted by Gasteiger charge is 2.44. The molecule has 0 bridgehead atoms. The Labute approximate surface area is 213 Å². The number of nitrogens with one attached hydrogen (secondary N) is 1. The second kappa shape index (κ2) is 9.58. The van der Waals surface area contributed by atoms with E-state index in [1.54, 1.807) is 21.3 Å². The molecule has 1 aliphatic heterocycles. The number of hydrogen-bond acceptors (Lipinski definition) is 8. The molecule has 1 N–H and O–H groups in total. The Morgan fingerprint density at radius 3 is 2.22 bits per heavy atom. The van der Waals surface area contributed by atoms with Crippen molar-refractivity contribution in [3.63, 3.8) is 0 Å². The van der Waals surface area contributed by atoms with E-state index in [4.69, 9.17) is 14.2 Å². The van der Waals surface area contributed by atoms with Gasteiger partial charge in [-0.15, -0.1) is 10.2 Å². The lowest BCUT2D eigenvalue weighted by Crippen LogP contribution is -2.35. The molecule has 8 nitrogen and oxygen atoms in total. The molecule has 1 aromatic heterocycles. The van der Waals surface area contributed by atoms with Gasteiger partial charge in [-0.2, -0.15) is 0 Å². The molecule has 3 aromatic carbocycles. The summed E-state index contributed by atoms with van der Waals surface area (Å²) in [6.45, 7) is 2.00. The zero-order valence-electron chi connectivity index (χ0n) is 20.4. The SMILES string of the molecule is COc1cc(-c2nnc3n2NC(CC(=O)c2ccc(C)cc2)(c2ccccc2)S3)cc(OC)c1OC. The average molecular weight is 503 g/mol. The molecule has 0 radical (unpaired) electrons. The lowest BCUT2D eigenvalue weighted by Gasteiger charge is -2.29. The molecule has 1 atom stereocenters. The topological polar surface area (TPSA) is 87.5 Å². The van der Waals surface area contributed by atoms with Gasteiger partial charge >= 0.3 is 0 Å². The third-order valence-electron chi connectivity index (χ3n) is 6.14. The van der Waals surface area contributed by atoms with Crippen LogP contribution in [0.1, 0.15) is 27.9 Å². The molecular formula is C27H26N4O4S. The van der Waals surface area contributed by atoms with Gasteiger partial charge in [-0.05, 0) is 36.4 Å². The number of aromatic nitrogens is 3. The van der Waals surface area contributed by atoms with Crippen LogP contribution in [-0.2, 0) is 4.87 Å². The Hall–Kier alpha value is -3.98. The van der Waals surface area contributed by atoms with E-state index in [-0.39, 0.29) is 12.2 Å². The Kier molecular flexibility index (Phi) is 6.32. The highest BCUT2D eigenvalue weighted by Crippen LogP contribution is 2.49. The fourth-order valence-corrected chi connectivity index (χ4v) is 5.48. The quantitative estimate of drug-likeness (QED) is 0.335. The number of carbonyl (C=O) groups is 1. The van der Waals surface area contributed by atoms with Gasteiger partial charge < -0.3 is 19.6 Å². The number of Topliss-reactive ketones (excluding diaryl/α,β-unsaturated/α-hetero) is 1. The first kappa shape index (κ1) is 23.7. The highest BCUT2D eigenvalue weighted by atomic mass is 32.2. The van der Waals surface area contributed by atoms with Crippen LogP contribution < -0.4 is 19.6 Å². The molecule has 9 heteroatoms. The van der Waals surface area contributed by atoms with Crippen LogP contribution >= 0.6 is 11.8 Å². The van der Waals surface area contributed by atoms with Crippen molar-refractivity contribution in [2.45, 2.75) is 23.4 Å². The number of fused-ring (bicyclic) bond motifs is 1. The fraction of sp³-hybridized carbons (Fsp3) is 0.222. The summed E-state index contributed by atoms with van der Waals surface area (Å²) < 4.78 is 18.3. The molecule has 1 aliphatic rings. The maximum Gasteiger partial charge on any atom is 0.212 e. The number of ketones is 1. The van der Waals surface area contributed by atoms with Crippen LogP contribution in [-0.4, -0.2) is 42.0 Å². The minimum Gasteiger partial charge on any atom is -0.493 e. The molecule has 5 rings (SSSR count). The first-order valence-corrected chi connectivity index (χ1v) is 12.2. The minimum atomic E-state index is -0.760. The summed E-state index contributed by atoms with van der Waals surface area (Å²) in [5, 5.41) is 9.49. The van der Waals surface area contributed by atoms with Crippen molar-refractivity contribution in [1.82, 2.24) is 14.9 Å². The molecule has 2 heterocycles. The van der Waals surface area contributed by atoms with Crippen molar-refractivity contribution in [3.8, 4) is 28.6 Å². The largest absolute Gasteiger partial charge is 0.493 e. The van der Waals surface area contributed by atoms with E-state index in [1.165, 1.54) is 11.8 Å². The standard InChI is InChI=1S/C27H26N4O4S/c1-17-10-12-18(13-11-17)21(32)16-27(20-8-6-5-7-9-20)30-31-25(28-29-26(31)36-27)19-14-22(33-2)24(35-4)23(15-19)34-3/h5-15,30H,16H2,1-4H3. The van der Waals surface area contributed by atoms with Gasteiger partial charge in [0.15, 0.2) is 23.1 Å². The van der Waals surface area contributed by atoms with Gasteiger partial charge in [-0.1, -0.05) is 60.2 Å². The smallest absolute Gasteiger partial charge is 0.212 e. The van der Waals surface area contributed by atoms with Crippen LogP contribution in [0.2, 0.25) is 0 Å². The third-order valence-corrected chi connectivity index (χ3v) is 7.40. The van der Waals surface area contributed by atoms with Crippen molar-refractivity contribution >= 4 is 17.5 Å². The van der Waals surface area contributed by atoms with Crippen LogP contribution in [0.25, 0.3) is 11.4 Å². The number of carbonyl (C=O) groups excluding carboxylic acids is 1. The van der Waals surface area contributed by atoms with Crippen LogP contribution in [0.4, 0.5) is 0 Å². The number of rotatable bonds is 8. The predicted octanol–water partition coefficient (Wildman–Crippen LogP) is 5.05. The zero-order chi connectivity index (χ0) is 25.3. The highest BCUT2D eigenvalue weighted by molar-refractivity contribution is 8.00. The van der Waals surface area contributed by atoms with Crippen molar-refractivity contribution in [2.75, 3.05) is 26.8 Å². The fourth-order valence-electron chi connectivity index (χ4n) is 4.27. The monoisotopic (exact) mass is 502 g/mol. The van der Waals surface area contributed by atoms with Gasteiger partial charge in [-0.3, -0.25) is 4.79 Å². The Bertz CT molecular complexity index is 1380. The predicted molar refractivity (Wildman–Crippen MR) is 139 cm³/mol. The number of aryl methyl sites for hydroxylation is 1. The molecule has 1 unspecified atom stereocenters. The Morgan fingerprint density at radius 2 is 1.61 bits per heavy atom. The van der Waals surface area contributed by atoms with E-state index in [0.717, 1.165) is 16.7 Å². The van der Waals surface area contributed by atoms with Gasteiger partial charge in [0.05, 0.1) is 21.3 Å². The molecule has 0 saturated heterocycles. The maximum atomic E-state index is 13.4. The minimum absolute atomic E-state index is 0.0342. The van der Waals surface area contributed by atoms with Crippen molar-refractivity contribution in [1.29, 1.82) is 0 Å². The Balaban J connectivity index is 1.55. The van der Waals surface area contributed by atoms with Crippen LogP contribution in [0.5, 0.6) is 17.2 Å². The summed E-state index contributed by atoms with van der Waals surface area (Å²) in [5.74, 6) is 2.12.